The van der Waals surface area contributed by atoms with Gasteiger partial charge in [-0.1, -0.05) is 18.6 Å². The van der Waals surface area contributed by atoms with E-state index in [9.17, 15) is 14.4 Å². The van der Waals surface area contributed by atoms with Crippen LogP contribution in [0.2, 0.25) is 0 Å². The molecule has 0 aliphatic carbocycles. The van der Waals surface area contributed by atoms with Crippen LogP contribution in [-0.4, -0.2) is 61.2 Å². The van der Waals surface area contributed by atoms with Gasteiger partial charge in [-0.15, -0.1) is 0 Å². The third-order valence-electron chi connectivity index (χ3n) is 6.58. The number of hydrogen-bond acceptors (Lipinski definition) is 5. The molecule has 33 heavy (non-hydrogen) atoms. The van der Waals surface area contributed by atoms with Crippen molar-refractivity contribution in [2.75, 3.05) is 39.5 Å². The predicted octanol–water partition coefficient (Wildman–Crippen LogP) is 2.61. The fraction of sp³-hybridized carbons (Fsp3) is 0.480. The Morgan fingerprint density at radius 3 is 2.64 bits per heavy atom. The molecule has 1 saturated heterocycles. The van der Waals surface area contributed by atoms with Crippen LogP contribution < -0.4 is 15.6 Å². The maximum atomic E-state index is 12.9. The summed E-state index contributed by atoms with van der Waals surface area (Å²) in [4.78, 5) is 41.4. The number of rotatable bonds is 1. The zero-order valence-corrected chi connectivity index (χ0v) is 18.8. The molecule has 4 rings (SSSR count). The number of aromatic nitrogens is 1. The second kappa shape index (κ2) is 10.7. The van der Waals surface area contributed by atoms with E-state index in [2.05, 4.69) is 10.3 Å². The monoisotopic (exact) mass is 453 g/mol. The molecule has 1 aromatic carbocycles. The second-order valence-electron chi connectivity index (χ2n) is 8.84. The Balaban J connectivity index is 1.48. The number of carbonyl (C=O) groups is 2. The van der Waals surface area contributed by atoms with Gasteiger partial charge in [-0.05, 0) is 43.9 Å². The van der Waals surface area contributed by atoms with E-state index < -0.39 is 0 Å². The molecule has 2 N–H and O–H groups in total. The van der Waals surface area contributed by atoms with Gasteiger partial charge in [0.25, 0.3) is 11.8 Å². The number of nitrogens with zero attached hydrogens (tertiary/aromatic N) is 1. The molecule has 0 radical (unpaired) electrons. The number of amides is 2. The van der Waals surface area contributed by atoms with Crippen LogP contribution in [0.4, 0.5) is 0 Å². The third-order valence-corrected chi connectivity index (χ3v) is 6.58. The summed E-state index contributed by atoms with van der Waals surface area (Å²) in [6.07, 6.45) is 6.04. The van der Waals surface area contributed by atoms with Gasteiger partial charge in [0.05, 0.1) is 18.8 Å². The van der Waals surface area contributed by atoms with Gasteiger partial charge in [-0.2, -0.15) is 0 Å². The number of likely N-dealkylation sites (tertiary alicyclic amines) is 1. The lowest BCUT2D eigenvalue weighted by Crippen LogP contribution is -2.45. The number of para-hydroxylation sites is 1. The number of aromatic amines is 1. The van der Waals surface area contributed by atoms with Crippen molar-refractivity contribution in [3.63, 3.8) is 0 Å². The molecule has 1 fully saturated rings. The first-order chi connectivity index (χ1) is 16.1. The molecule has 8 nitrogen and oxygen atoms in total. The van der Waals surface area contributed by atoms with E-state index in [1.54, 1.807) is 12.1 Å². The molecule has 176 valence electrons. The van der Waals surface area contributed by atoms with Crippen LogP contribution in [0, 0.1) is 5.41 Å². The molecular weight excluding hydrogens is 422 g/mol. The summed E-state index contributed by atoms with van der Waals surface area (Å²) >= 11 is 0. The van der Waals surface area contributed by atoms with Crippen molar-refractivity contribution < 1.29 is 19.1 Å². The molecule has 0 bridgehead atoms. The van der Waals surface area contributed by atoms with E-state index in [0.29, 0.717) is 56.3 Å². The van der Waals surface area contributed by atoms with E-state index >= 15 is 0 Å². The molecule has 1 aromatic heterocycles. The standard InChI is InChI=1S/C25H31N3O5/c29-22-17-19(7-11-26-22)24(31)28-13-9-25(10-14-28)8-3-4-15-32-16-12-27-23(30)20-5-1-2-6-21(20)33-18-25/h1-2,5-7,11,17H,3-4,8-10,12-16,18H2,(H,26,29)(H,27,30). The van der Waals surface area contributed by atoms with Crippen LogP contribution in [0.1, 0.15) is 52.8 Å². The Labute approximate surface area is 193 Å². The van der Waals surface area contributed by atoms with Gasteiger partial charge in [0, 0.05) is 49.5 Å². The topological polar surface area (TPSA) is 101 Å². The van der Waals surface area contributed by atoms with Crippen LogP contribution in [0.3, 0.4) is 0 Å². The van der Waals surface area contributed by atoms with Crippen LogP contribution >= 0.6 is 0 Å². The van der Waals surface area contributed by atoms with Gasteiger partial charge in [0.15, 0.2) is 0 Å². The molecule has 2 aliphatic heterocycles. The van der Waals surface area contributed by atoms with Crippen molar-refractivity contribution in [3.8, 4) is 5.75 Å². The Hall–Kier alpha value is -3.13. The average Bonchev–Trinajstić information content (AvgIpc) is 2.84. The molecule has 3 heterocycles. The highest BCUT2D eigenvalue weighted by Crippen LogP contribution is 2.38. The minimum absolute atomic E-state index is 0.0847. The van der Waals surface area contributed by atoms with E-state index in [1.807, 2.05) is 23.1 Å². The zero-order chi connectivity index (χ0) is 23.1. The maximum absolute atomic E-state index is 12.9. The van der Waals surface area contributed by atoms with Crippen molar-refractivity contribution in [3.05, 3.63) is 64.1 Å². The highest BCUT2D eigenvalue weighted by molar-refractivity contribution is 5.97. The van der Waals surface area contributed by atoms with E-state index in [0.717, 1.165) is 32.1 Å². The minimum Gasteiger partial charge on any atom is -0.492 e. The summed E-state index contributed by atoms with van der Waals surface area (Å²) in [5.41, 5.74) is 0.568. The number of nitrogens with one attached hydrogen (secondary N) is 2. The predicted molar refractivity (Wildman–Crippen MR) is 124 cm³/mol. The first-order valence-corrected chi connectivity index (χ1v) is 11.6. The van der Waals surface area contributed by atoms with E-state index in [-0.39, 0.29) is 22.8 Å². The molecule has 0 unspecified atom stereocenters. The first kappa shape index (κ1) is 23.0. The van der Waals surface area contributed by atoms with Crippen LogP contribution in [0.15, 0.2) is 47.4 Å². The van der Waals surface area contributed by atoms with Gasteiger partial charge >= 0.3 is 0 Å². The van der Waals surface area contributed by atoms with Crippen molar-refractivity contribution >= 4 is 11.8 Å². The Morgan fingerprint density at radius 1 is 1.00 bits per heavy atom. The number of carbonyl (C=O) groups excluding carboxylic acids is 2. The lowest BCUT2D eigenvalue weighted by molar-refractivity contribution is 0.0340. The summed E-state index contributed by atoms with van der Waals surface area (Å²) in [6.45, 7) is 3.32. The molecular formula is C25H31N3O5. The Bertz CT molecular complexity index is 1030. The summed E-state index contributed by atoms with van der Waals surface area (Å²) < 4.78 is 11.9. The number of hydrogen-bond donors (Lipinski definition) is 2. The number of piperidine rings is 1. The summed E-state index contributed by atoms with van der Waals surface area (Å²) in [7, 11) is 0. The zero-order valence-electron chi connectivity index (χ0n) is 18.8. The van der Waals surface area contributed by atoms with Crippen LogP contribution in [-0.2, 0) is 4.74 Å². The molecule has 8 heteroatoms. The van der Waals surface area contributed by atoms with Crippen molar-refractivity contribution in [2.45, 2.75) is 32.1 Å². The first-order valence-electron chi connectivity index (χ1n) is 11.6. The third kappa shape index (κ3) is 5.82. The van der Waals surface area contributed by atoms with Crippen LogP contribution in [0.25, 0.3) is 0 Å². The van der Waals surface area contributed by atoms with Crippen LogP contribution in [0.5, 0.6) is 5.75 Å². The van der Waals surface area contributed by atoms with Gasteiger partial charge in [0.2, 0.25) is 5.56 Å². The fourth-order valence-electron chi connectivity index (χ4n) is 4.56. The minimum atomic E-state index is -0.279. The number of fused-ring (bicyclic) bond motifs is 1. The lowest BCUT2D eigenvalue weighted by atomic mass is 9.75. The number of pyridine rings is 1. The van der Waals surface area contributed by atoms with E-state index in [1.165, 1.54) is 12.3 Å². The highest BCUT2D eigenvalue weighted by atomic mass is 16.5. The molecule has 0 atom stereocenters. The van der Waals surface area contributed by atoms with Gasteiger partial charge in [-0.3, -0.25) is 14.4 Å². The summed E-state index contributed by atoms with van der Waals surface area (Å²) in [5, 5.41) is 2.89. The van der Waals surface area contributed by atoms with Crippen molar-refractivity contribution in [1.29, 1.82) is 0 Å². The average molecular weight is 454 g/mol. The van der Waals surface area contributed by atoms with Gasteiger partial charge in [0.1, 0.15) is 5.75 Å². The molecule has 2 aromatic rings. The quantitative estimate of drug-likeness (QED) is 0.691. The maximum Gasteiger partial charge on any atom is 0.255 e. The molecule has 2 aliphatic rings. The lowest BCUT2D eigenvalue weighted by Gasteiger charge is -2.42. The summed E-state index contributed by atoms with van der Waals surface area (Å²) in [6, 6.07) is 10.3. The Morgan fingerprint density at radius 2 is 1.82 bits per heavy atom. The molecule has 2 amide bonds. The second-order valence-corrected chi connectivity index (χ2v) is 8.84. The fourth-order valence-corrected chi connectivity index (χ4v) is 4.56. The highest BCUT2D eigenvalue weighted by Gasteiger charge is 2.37. The number of benzene rings is 1. The Kier molecular flexibility index (Phi) is 7.44. The number of H-pyrrole nitrogens is 1. The largest absolute Gasteiger partial charge is 0.492 e. The number of ether oxygens (including phenoxy) is 2. The smallest absolute Gasteiger partial charge is 0.255 e. The van der Waals surface area contributed by atoms with Crippen molar-refractivity contribution in [2.24, 2.45) is 5.41 Å². The van der Waals surface area contributed by atoms with E-state index in [4.69, 9.17) is 9.47 Å². The molecule has 0 saturated carbocycles. The normalized spacial score (nSPS) is 19.6. The van der Waals surface area contributed by atoms with Crippen molar-refractivity contribution in [1.82, 2.24) is 15.2 Å². The summed E-state index contributed by atoms with van der Waals surface area (Å²) in [5.74, 6) is 0.293. The van der Waals surface area contributed by atoms with Gasteiger partial charge < -0.3 is 24.7 Å². The van der Waals surface area contributed by atoms with Gasteiger partial charge in [-0.25, -0.2) is 0 Å². The molecule has 1 spiro atoms. The SMILES string of the molecule is O=C1NCCOCCCCC2(CCN(C(=O)c3cc[nH]c(=O)c3)CC2)COc2ccccc21.